The van der Waals surface area contributed by atoms with Gasteiger partial charge in [-0.2, -0.15) is 5.26 Å². The molecule has 0 aromatic carbocycles. The Hall–Kier alpha value is -0.920. The minimum Gasteiger partial charge on any atom is -0.297 e. The number of pyridine rings is 1. The van der Waals surface area contributed by atoms with Gasteiger partial charge in [-0.05, 0) is 47.8 Å². The van der Waals surface area contributed by atoms with Gasteiger partial charge >= 0.3 is 0 Å². The zero-order valence-corrected chi connectivity index (χ0v) is 11.6. The quantitative estimate of drug-likeness (QED) is 0.842. The summed E-state index contributed by atoms with van der Waals surface area (Å²) in [5.74, 6) is 0. The molecule has 2 heterocycles. The molecule has 0 N–H and O–H groups in total. The van der Waals surface area contributed by atoms with Crippen LogP contribution in [0.2, 0.25) is 0 Å². The molecule has 1 aromatic heterocycles. The number of nitrogens with zero attached hydrogens (tertiary/aromatic N) is 3. The van der Waals surface area contributed by atoms with Crippen molar-refractivity contribution >= 4 is 15.9 Å². The predicted molar refractivity (Wildman–Crippen MR) is 70.2 cm³/mol. The summed E-state index contributed by atoms with van der Waals surface area (Å²) in [6, 6.07) is 6.49. The van der Waals surface area contributed by atoms with Gasteiger partial charge in [-0.3, -0.25) is 9.88 Å². The molecule has 1 aromatic rings. The summed E-state index contributed by atoms with van der Waals surface area (Å²) >= 11 is 3.38. The Morgan fingerprint density at radius 3 is 2.71 bits per heavy atom. The maximum Gasteiger partial charge on any atom is 0.0687 e. The second kappa shape index (κ2) is 5.16. The van der Waals surface area contributed by atoms with Crippen LogP contribution in [0.25, 0.3) is 0 Å². The van der Waals surface area contributed by atoms with E-state index in [4.69, 9.17) is 5.26 Å². The van der Waals surface area contributed by atoms with E-state index in [9.17, 15) is 0 Å². The molecule has 0 spiro atoms. The van der Waals surface area contributed by atoms with Gasteiger partial charge < -0.3 is 0 Å². The third-order valence-corrected chi connectivity index (χ3v) is 3.87. The van der Waals surface area contributed by atoms with E-state index in [1.165, 1.54) is 0 Å². The van der Waals surface area contributed by atoms with E-state index in [1.807, 2.05) is 18.3 Å². The minimum absolute atomic E-state index is 0.121. The highest BCUT2D eigenvalue weighted by atomic mass is 79.9. The molecule has 0 radical (unpaired) electrons. The summed E-state index contributed by atoms with van der Waals surface area (Å²) in [5.41, 5.74) is 0.970. The van der Waals surface area contributed by atoms with Crippen LogP contribution >= 0.6 is 15.9 Å². The van der Waals surface area contributed by atoms with Crippen molar-refractivity contribution < 1.29 is 0 Å². The molecule has 0 saturated carbocycles. The van der Waals surface area contributed by atoms with Gasteiger partial charge in [0.2, 0.25) is 0 Å². The van der Waals surface area contributed by atoms with Crippen LogP contribution in [0.3, 0.4) is 0 Å². The number of hydrogen-bond donors (Lipinski definition) is 0. The van der Waals surface area contributed by atoms with E-state index in [1.54, 1.807) is 0 Å². The average Bonchev–Trinajstić information content (AvgIpc) is 2.35. The SMILES string of the molecule is CC1(C#N)CCN(Cc2ccc(Br)cn2)CC1. The molecule has 0 amide bonds. The molecule has 0 unspecified atom stereocenters. The summed E-state index contributed by atoms with van der Waals surface area (Å²) in [6.07, 6.45) is 3.75. The number of rotatable bonds is 2. The van der Waals surface area contributed by atoms with E-state index in [0.29, 0.717) is 0 Å². The van der Waals surface area contributed by atoms with E-state index in [-0.39, 0.29) is 5.41 Å². The molecule has 1 saturated heterocycles. The van der Waals surface area contributed by atoms with Crippen molar-refractivity contribution in [3.63, 3.8) is 0 Å². The largest absolute Gasteiger partial charge is 0.297 e. The molecule has 1 aliphatic heterocycles. The molecular formula is C13H16BrN3. The van der Waals surface area contributed by atoms with Crippen molar-refractivity contribution in [3.8, 4) is 6.07 Å². The van der Waals surface area contributed by atoms with Gasteiger partial charge in [0.15, 0.2) is 0 Å². The Balaban J connectivity index is 1.90. The summed E-state index contributed by atoms with van der Waals surface area (Å²) < 4.78 is 1.01. The second-order valence-corrected chi connectivity index (χ2v) is 5.83. The lowest BCUT2D eigenvalue weighted by Gasteiger charge is -2.34. The van der Waals surface area contributed by atoms with Crippen LogP contribution in [0, 0.1) is 16.7 Å². The first-order chi connectivity index (χ1) is 8.11. The standard InChI is InChI=1S/C13H16BrN3/c1-13(10-15)4-6-17(7-5-13)9-12-3-2-11(14)8-16-12/h2-3,8H,4-7,9H2,1H3. The Morgan fingerprint density at radius 1 is 1.47 bits per heavy atom. The van der Waals surface area contributed by atoms with Crippen molar-refractivity contribution in [1.82, 2.24) is 9.88 Å². The van der Waals surface area contributed by atoms with Gasteiger partial charge in [-0.15, -0.1) is 0 Å². The third-order valence-electron chi connectivity index (χ3n) is 3.40. The van der Waals surface area contributed by atoms with Crippen molar-refractivity contribution in [3.05, 3.63) is 28.5 Å². The zero-order chi connectivity index (χ0) is 12.3. The third kappa shape index (κ3) is 3.27. The van der Waals surface area contributed by atoms with Gasteiger partial charge in [0.05, 0.1) is 17.2 Å². The number of halogens is 1. The average molecular weight is 294 g/mol. The molecule has 1 aliphatic rings. The second-order valence-electron chi connectivity index (χ2n) is 4.92. The lowest BCUT2D eigenvalue weighted by molar-refractivity contribution is 0.149. The van der Waals surface area contributed by atoms with Crippen molar-refractivity contribution in [2.75, 3.05) is 13.1 Å². The minimum atomic E-state index is -0.121. The lowest BCUT2D eigenvalue weighted by Crippen LogP contribution is -2.37. The van der Waals surface area contributed by atoms with Crippen LogP contribution in [0.1, 0.15) is 25.5 Å². The Morgan fingerprint density at radius 2 is 2.18 bits per heavy atom. The highest BCUT2D eigenvalue weighted by molar-refractivity contribution is 9.10. The molecule has 0 aliphatic carbocycles. The van der Waals surface area contributed by atoms with Crippen molar-refractivity contribution in [2.45, 2.75) is 26.3 Å². The highest BCUT2D eigenvalue weighted by Crippen LogP contribution is 2.30. The van der Waals surface area contributed by atoms with Crippen LogP contribution in [-0.4, -0.2) is 23.0 Å². The first-order valence-electron chi connectivity index (χ1n) is 5.85. The summed E-state index contributed by atoms with van der Waals surface area (Å²) in [6.45, 7) is 4.92. The van der Waals surface area contributed by atoms with Gasteiger partial charge in [0.25, 0.3) is 0 Å². The molecule has 0 bridgehead atoms. The summed E-state index contributed by atoms with van der Waals surface area (Å²) in [4.78, 5) is 6.75. The molecule has 0 atom stereocenters. The maximum absolute atomic E-state index is 9.07. The Kier molecular flexibility index (Phi) is 3.80. The number of aromatic nitrogens is 1. The van der Waals surface area contributed by atoms with Crippen LogP contribution < -0.4 is 0 Å². The predicted octanol–water partition coefficient (Wildman–Crippen LogP) is 2.97. The topological polar surface area (TPSA) is 39.9 Å². The Labute approximate surface area is 111 Å². The van der Waals surface area contributed by atoms with E-state index in [2.05, 4.69) is 38.8 Å². The number of hydrogen-bond acceptors (Lipinski definition) is 3. The number of piperidine rings is 1. The van der Waals surface area contributed by atoms with Crippen molar-refractivity contribution in [1.29, 1.82) is 5.26 Å². The first kappa shape index (κ1) is 12.5. The first-order valence-corrected chi connectivity index (χ1v) is 6.65. The molecule has 17 heavy (non-hydrogen) atoms. The zero-order valence-electron chi connectivity index (χ0n) is 9.99. The van der Waals surface area contributed by atoms with Crippen LogP contribution in [0.4, 0.5) is 0 Å². The molecule has 3 nitrogen and oxygen atoms in total. The van der Waals surface area contributed by atoms with Crippen LogP contribution in [0.5, 0.6) is 0 Å². The fraction of sp³-hybridized carbons (Fsp3) is 0.538. The normalized spacial score (nSPS) is 19.8. The van der Waals surface area contributed by atoms with Crippen LogP contribution in [0.15, 0.2) is 22.8 Å². The van der Waals surface area contributed by atoms with Crippen molar-refractivity contribution in [2.24, 2.45) is 5.41 Å². The van der Waals surface area contributed by atoms with E-state index < -0.39 is 0 Å². The lowest BCUT2D eigenvalue weighted by atomic mass is 9.82. The monoisotopic (exact) mass is 293 g/mol. The molecule has 2 rings (SSSR count). The fourth-order valence-corrected chi connectivity index (χ4v) is 2.28. The van der Waals surface area contributed by atoms with Gasteiger partial charge in [-0.1, -0.05) is 0 Å². The summed E-state index contributed by atoms with van der Waals surface area (Å²) in [5, 5.41) is 9.07. The van der Waals surface area contributed by atoms with E-state index in [0.717, 1.165) is 42.6 Å². The maximum atomic E-state index is 9.07. The smallest absolute Gasteiger partial charge is 0.0687 e. The number of likely N-dealkylation sites (tertiary alicyclic amines) is 1. The molecule has 4 heteroatoms. The highest BCUT2D eigenvalue weighted by Gasteiger charge is 2.29. The van der Waals surface area contributed by atoms with Crippen LogP contribution in [-0.2, 0) is 6.54 Å². The van der Waals surface area contributed by atoms with Gasteiger partial charge in [-0.25, -0.2) is 0 Å². The fourth-order valence-electron chi connectivity index (χ4n) is 2.05. The molecular weight excluding hydrogens is 278 g/mol. The van der Waals surface area contributed by atoms with Gasteiger partial charge in [0.1, 0.15) is 0 Å². The number of nitriles is 1. The van der Waals surface area contributed by atoms with Gasteiger partial charge in [0, 0.05) is 30.3 Å². The van der Waals surface area contributed by atoms with E-state index >= 15 is 0 Å². The summed E-state index contributed by atoms with van der Waals surface area (Å²) in [7, 11) is 0. The Bertz CT molecular complexity index is 413. The molecule has 90 valence electrons. The molecule has 1 fully saturated rings.